The molecule has 0 spiro atoms. The zero-order chi connectivity index (χ0) is 14.0. The van der Waals surface area contributed by atoms with Crippen molar-refractivity contribution in [3.63, 3.8) is 0 Å². The van der Waals surface area contributed by atoms with Crippen molar-refractivity contribution in [2.75, 3.05) is 18.5 Å². The van der Waals surface area contributed by atoms with Gasteiger partial charge in [-0.15, -0.1) is 0 Å². The zero-order valence-electron chi connectivity index (χ0n) is 11.4. The van der Waals surface area contributed by atoms with Gasteiger partial charge in [0.25, 0.3) is 0 Å². The second-order valence-electron chi connectivity index (χ2n) is 5.02. The van der Waals surface area contributed by atoms with Gasteiger partial charge in [0.15, 0.2) is 0 Å². The van der Waals surface area contributed by atoms with E-state index in [0.717, 1.165) is 10.8 Å². The Hall–Kier alpha value is -2.10. The van der Waals surface area contributed by atoms with Crippen LogP contribution in [0.2, 0.25) is 0 Å². The molecule has 0 fully saturated rings. The molecule has 19 heavy (non-hydrogen) atoms. The molecule has 0 aliphatic carbocycles. The van der Waals surface area contributed by atoms with Crippen molar-refractivity contribution >= 4 is 22.6 Å². The highest BCUT2D eigenvalue weighted by Crippen LogP contribution is 2.27. The molecular formula is C15H18N2O2. The van der Waals surface area contributed by atoms with Crippen LogP contribution >= 0.6 is 0 Å². The van der Waals surface area contributed by atoms with Gasteiger partial charge in [-0.05, 0) is 29.0 Å². The van der Waals surface area contributed by atoms with Crippen LogP contribution in [0.25, 0.3) is 10.8 Å². The average Bonchev–Trinajstić information content (AvgIpc) is 2.36. The van der Waals surface area contributed by atoms with E-state index >= 15 is 0 Å². The smallest absolute Gasteiger partial charge is 0.323 e. The third kappa shape index (κ3) is 2.84. The maximum Gasteiger partial charge on any atom is 0.323 e. The van der Waals surface area contributed by atoms with Gasteiger partial charge in [-0.25, -0.2) is 4.98 Å². The predicted molar refractivity (Wildman–Crippen MR) is 76.7 cm³/mol. The molecule has 0 aliphatic heterocycles. The summed E-state index contributed by atoms with van der Waals surface area (Å²) < 4.78 is 0. The minimum absolute atomic E-state index is 0.0575. The summed E-state index contributed by atoms with van der Waals surface area (Å²) in [4.78, 5) is 16.8. The number of likely N-dealkylation sites (N-methyl/N-ethyl adjacent to an activating group) is 1. The van der Waals surface area contributed by atoms with Crippen LogP contribution in [0.4, 0.5) is 5.82 Å². The Morgan fingerprint density at radius 1 is 1.37 bits per heavy atom. The van der Waals surface area contributed by atoms with Crippen molar-refractivity contribution in [1.82, 2.24) is 4.98 Å². The second-order valence-corrected chi connectivity index (χ2v) is 5.02. The number of carboxylic acids is 1. The monoisotopic (exact) mass is 258 g/mol. The molecule has 2 aromatic rings. The maximum absolute atomic E-state index is 10.8. The van der Waals surface area contributed by atoms with E-state index in [9.17, 15) is 4.79 Å². The number of fused-ring (bicyclic) bond motifs is 1. The molecule has 0 amide bonds. The van der Waals surface area contributed by atoms with Crippen molar-refractivity contribution < 1.29 is 9.90 Å². The molecular weight excluding hydrogens is 240 g/mol. The van der Waals surface area contributed by atoms with Crippen LogP contribution in [0, 0.1) is 0 Å². The van der Waals surface area contributed by atoms with Gasteiger partial charge in [0.2, 0.25) is 0 Å². The third-order valence-electron chi connectivity index (χ3n) is 3.17. The predicted octanol–water partition coefficient (Wildman–Crippen LogP) is 2.88. The summed E-state index contributed by atoms with van der Waals surface area (Å²) in [5.74, 6) is 0.283. The second kappa shape index (κ2) is 5.26. The Balaban J connectivity index is 2.53. The molecule has 100 valence electrons. The van der Waals surface area contributed by atoms with Crippen LogP contribution in [-0.4, -0.2) is 29.7 Å². The van der Waals surface area contributed by atoms with Gasteiger partial charge < -0.3 is 10.0 Å². The summed E-state index contributed by atoms with van der Waals surface area (Å²) in [7, 11) is 1.75. The van der Waals surface area contributed by atoms with Crippen LogP contribution in [-0.2, 0) is 4.79 Å². The third-order valence-corrected chi connectivity index (χ3v) is 3.17. The molecule has 1 aromatic carbocycles. The minimum atomic E-state index is -0.860. The van der Waals surface area contributed by atoms with Crippen molar-refractivity contribution in [1.29, 1.82) is 0 Å². The van der Waals surface area contributed by atoms with E-state index in [1.165, 1.54) is 5.56 Å². The number of aliphatic carboxylic acids is 1. The fourth-order valence-corrected chi connectivity index (χ4v) is 2.11. The summed E-state index contributed by atoms with van der Waals surface area (Å²) in [5, 5.41) is 11.0. The van der Waals surface area contributed by atoms with E-state index < -0.39 is 5.97 Å². The largest absolute Gasteiger partial charge is 0.480 e. The lowest BCUT2D eigenvalue weighted by molar-refractivity contribution is -0.135. The number of nitrogens with zero attached hydrogens (tertiary/aromatic N) is 2. The van der Waals surface area contributed by atoms with E-state index in [1.807, 2.05) is 6.07 Å². The van der Waals surface area contributed by atoms with Crippen LogP contribution in [0.3, 0.4) is 0 Å². The van der Waals surface area contributed by atoms with Gasteiger partial charge >= 0.3 is 5.97 Å². The summed E-state index contributed by atoms with van der Waals surface area (Å²) in [6, 6.07) is 8.21. The first-order valence-corrected chi connectivity index (χ1v) is 6.30. The lowest BCUT2D eigenvalue weighted by Crippen LogP contribution is -2.26. The van der Waals surface area contributed by atoms with Crippen molar-refractivity contribution in [2.45, 2.75) is 19.8 Å². The molecule has 0 saturated carbocycles. The van der Waals surface area contributed by atoms with E-state index in [2.05, 4.69) is 37.0 Å². The topological polar surface area (TPSA) is 53.4 Å². The Morgan fingerprint density at radius 2 is 2.11 bits per heavy atom. The molecule has 0 unspecified atom stereocenters. The van der Waals surface area contributed by atoms with Crippen LogP contribution < -0.4 is 4.90 Å². The SMILES string of the molecule is CC(C)c1ccc2ccnc(N(C)CC(=O)O)c2c1. The molecule has 0 bridgehead atoms. The standard InChI is InChI=1S/C15H18N2O2/c1-10(2)12-5-4-11-6-7-16-15(13(11)8-12)17(3)9-14(18)19/h4-8,10H,9H2,1-3H3,(H,18,19). The highest BCUT2D eigenvalue weighted by Gasteiger charge is 2.11. The van der Waals surface area contributed by atoms with Gasteiger partial charge in [-0.1, -0.05) is 26.0 Å². The highest BCUT2D eigenvalue weighted by atomic mass is 16.4. The van der Waals surface area contributed by atoms with Crippen molar-refractivity contribution in [2.24, 2.45) is 0 Å². The molecule has 1 heterocycles. The number of hydrogen-bond donors (Lipinski definition) is 1. The summed E-state index contributed by atoms with van der Waals surface area (Å²) in [6.45, 7) is 4.22. The van der Waals surface area contributed by atoms with Gasteiger partial charge in [0.1, 0.15) is 12.4 Å². The zero-order valence-corrected chi connectivity index (χ0v) is 11.4. The molecule has 0 radical (unpaired) electrons. The number of carboxylic acid groups (broad SMARTS) is 1. The number of carbonyl (C=O) groups is 1. The molecule has 4 nitrogen and oxygen atoms in total. The number of pyridine rings is 1. The van der Waals surface area contributed by atoms with Crippen molar-refractivity contribution in [3.8, 4) is 0 Å². The maximum atomic E-state index is 10.8. The van der Waals surface area contributed by atoms with Gasteiger partial charge in [0.05, 0.1) is 0 Å². The summed E-state index contributed by atoms with van der Waals surface area (Å²) in [5.41, 5.74) is 1.23. The first-order valence-electron chi connectivity index (χ1n) is 6.30. The number of benzene rings is 1. The van der Waals surface area contributed by atoms with E-state index in [0.29, 0.717) is 11.7 Å². The van der Waals surface area contributed by atoms with Gasteiger partial charge in [-0.2, -0.15) is 0 Å². The van der Waals surface area contributed by atoms with Crippen LogP contribution in [0.5, 0.6) is 0 Å². The van der Waals surface area contributed by atoms with Crippen LogP contribution in [0.1, 0.15) is 25.3 Å². The van der Waals surface area contributed by atoms with E-state index in [1.54, 1.807) is 18.1 Å². The quantitative estimate of drug-likeness (QED) is 0.916. The fourth-order valence-electron chi connectivity index (χ4n) is 2.11. The Labute approximate surface area is 112 Å². The van der Waals surface area contributed by atoms with E-state index in [4.69, 9.17) is 5.11 Å². The normalized spacial score (nSPS) is 10.9. The van der Waals surface area contributed by atoms with Crippen LogP contribution in [0.15, 0.2) is 30.5 Å². The number of aromatic nitrogens is 1. The summed E-state index contributed by atoms with van der Waals surface area (Å²) in [6.07, 6.45) is 1.71. The molecule has 1 aromatic heterocycles. The number of rotatable bonds is 4. The summed E-state index contributed by atoms with van der Waals surface area (Å²) >= 11 is 0. The first kappa shape index (κ1) is 13.3. The van der Waals surface area contributed by atoms with Crippen molar-refractivity contribution in [3.05, 3.63) is 36.0 Å². The Morgan fingerprint density at radius 3 is 2.74 bits per heavy atom. The van der Waals surface area contributed by atoms with Gasteiger partial charge in [0, 0.05) is 18.6 Å². The Kier molecular flexibility index (Phi) is 3.69. The fraction of sp³-hybridized carbons (Fsp3) is 0.333. The first-order chi connectivity index (χ1) is 8.99. The van der Waals surface area contributed by atoms with Gasteiger partial charge in [-0.3, -0.25) is 4.79 Å². The molecule has 0 aliphatic rings. The average molecular weight is 258 g/mol. The number of anilines is 1. The highest BCUT2D eigenvalue weighted by molar-refractivity contribution is 5.93. The molecule has 0 atom stereocenters. The van der Waals surface area contributed by atoms with E-state index in [-0.39, 0.29) is 6.54 Å². The molecule has 0 saturated heterocycles. The molecule has 1 N–H and O–H groups in total. The number of hydrogen-bond acceptors (Lipinski definition) is 3. The lowest BCUT2D eigenvalue weighted by atomic mass is 10.00. The molecule has 4 heteroatoms. The lowest BCUT2D eigenvalue weighted by Gasteiger charge is -2.18. The Bertz CT molecular complexity index is 608. The molecule has 2 rings (SSSR count). The minimum Gasteiger partial charge on any atom is -0.480 e.